The summed E-state index contributed by atoms with van der Waals surface area (Å²) in [6.45, 7) is 3.30. The van der Waals surface area contributed by atoms with E-state index in [0.717, 1.165) is 37.7 Å². The molecule has 0 spiro atoms. The Kier molecular flexibility index (Phi) is 5.02. The van der Waals surface area contributed by atoms with Gasteiger partial charge in [0.05, 0.1) is 11.1 Å². The minimum atomic E-state index is -3.69. The molecular weight excluding hydrogens is 378 g/mol. The molecule has 0 bridgehead atoms. The van der Waals surface area contributed by atoms with Gasteiger partial charge >= 0.3 is 0 Å². The molecular formula is C18H21N7O2S. The van der Waals surface area contributed by atoms with E-state index in [4.69, 9.17) is 0 Å². The van der Waals surface area contributed by atoms with E-state index in [1.165, 1.54) is 18.6 Å². The van der Waals surface area contributed by atoms with Crippen molar-refractivity contribution in [3.63, 3.8) is 0 Å². The van der Waals surface area contributed by atoms with Gasteiger partial charge in [0, 0.05) is 51.9 Å². The fourth-order valence-electron chi connectivity index (χ4n) is 3.03. The predicted octanol–water partition coefficient (Wildman–Crippen LogP) is 1.64. The number of benzene rings is 1. The van der Waals surface area contributed by atoms with E-state index in [9.17, 15) is 8.42 Å². The molecule has 1 aliphatic rings. The maximum absolute atomic E-state index is 12.5. The Morgan fingerprint density at radius 1 is 0.857 bits per heavy atom. The molecule has 146 valence electrons. The highest BCUT2D eigenvalue weighted by atomic mass is 32.2. The number of hydrogen-bond acceptors (Lipinski definition) is 8. The molecule has 0 atom stereocenters. The van der Waals surface area contributed by atoms with Crippen molar-refractivity contribution in [3.05, 3.63) is 61.4 Å². The summed E-state index contributed by atoms with van der Waals surface area (Å²) in [4.78, 5) is 20.7. The zero-order valence-electron chi connectivity index (χ0n) is 15.0. The van der Waals surface area contributed by atoms with E-state index in [1.54, 1.807) is 30.7 Å². The van der Waals surface area contributed by atoms with Crippen molar-refractivity contribution in [1.82, 2.24) is 19.9 Å². The summed E-state index contributed by atoms with van der Waals surface area (Å²) < 4.78 is 27.4. The van der Waals surface area contributed by atoms with Crippen LogP contribution in [-0.4, -0.2) is 54.5 Å². The summed E-state index contributed by atoms with van der Waals surface area (Å²) in [6.07, 6.45) is 7.89. The van der Waals surface area contributed by atoms with Gasteiger partial charge in [0.15, 0.2) is 0 Å². The molecule has 1 aromatic carbocycles. The molecule has 9 nitrogen and oxygen atoms in total. The van der Waals surface area contributed by atoms with Crippen molar-refractivity contribution in [2.75, 3.05) is 40.7 Å². The molecule has 1 aliphatic heterocycles. The third kappa shape index (κ3) is 4.01. The van der Waals surface area contributed by atoms with Crippen molar-refractivity contribution in [2.24, 2.45) is 0 Å². The fourth-order valence-corrected chi connectivity index (χ4v) is 4.04. The number of anilines is 3. The summed E-state index contributed by atoms with van der Waals surface area (Å²) in [7, 11) is -3.69. The van der Waals surface area contributed by atoms with Crippen LogP contribution in [0.1, 0.15) is 1.43 Å². The van der Waals surface area contributed by atoms with Gasteiger partial charge in [-0.3, -0.25) is 9.71 Å². The number of nitrogens with one attached hydrogen (secondary N) is 1. The molecule has 2 aromatic heterocycles. The quantitative estimate of drug-likeness (QED) is 0.690. The van der Waals surface area contributed by atoms with Gasteiger partial charge < -0.3 is 9.80 Å². The van der Waals surface area contributed by atoms with E-state index in [2.05, 4.69) is 34.5 Å². The summed E-state index contributed by atoms with van der Waals surface area (Å²) in [5.74, 6) is 1.11. The largest absolute Gasteiger partial charge is 0.368 e. The Balaban J connectivity index is 0.00000240. The van der Waals surface area contributed by atoms with Crippen molar-refractivity contribution in [3.8, 4) is 0 Å². The fraction of sp³-hybridized carbons (Fsp3) is 0.222. The molecule has 1 saturated heterocycles. The Morgan fingerprint density at radius 2 is 1.61 bits per heavy atom. The van der Waals surface area contributed by atoms with E-state index in [-0.39, 0.29) is 12.1 Å². The van der Waals surface area contributed by atoms with Gasteiger partial charge in [-0.05, 0) is 30.3 Å². The van der Waals surface area contributed by atoms with Crippen LogP contribution in [0.2, 0.25) is 0 Å². The Morgan fingerprint density at radius 3 is 2.25 bits per heavy atom. The molecule has 3 heterocycles. The zero-order chi connectivity index (χ0) is 19.4. The monoisotopic (exact) mass is 399 g/mol. The molecule has 10 heteroatoms. The number of hydrogen-bond donors (Lipinski definition) is 1. The predicted molar refractivity (Wildman–Crippen MR) is 108 cm³/mol. The standard InChI is InChI=1S/C18H19N7O2S.H2/c26-28(27,23-17-5-6-20-14-22-17)16-3-1-15(2-4-16)24-9-11-25(12-10-24)18-13-19-7-8-21-18;/h1-8,13-14H,9-12H2,(H,20,22,23);1H. The molecule has 1 fully saturated rings. The van der Waals surface area contributed by atoms with Crippen molar-refractivity contribution >= 4 is 27.3 Å². The Hall–Kier alpha value is -3.27. The molecule has 0 amide bonds. The molecule has 0 unspecified atom stereocenters. The molecule has 4 rings (SSSR count). The minimum absolute atomic E-state index is 0. The van der Waals surface area contributed by atoms with Crippen LogP contribution in [0.25, 0.3) is 0 Å². The lowest BCUT2D eigenvalue weighted by Gasteiger charge is -2.36. The van der Waals surface area contributed by atoms with Gasteiger partial charge in [0.2, 0.25) is 0 Å². The molecule has 3 aromatic rings. The van der Waals surface area contributed by atoms with Crippen LogP contribution in [0, 0.1) is 0 Å². The van der Waals surface area contributed by atoms with Gasteiger partial charge in [-0.2, -0.15) is 0 Å². The van der Waals surface area contributed by atoms with Gasteiger partial charge in [-0.1, -0.05) is 0 Å². The highest BCUT2D eigenvalue weighted by molar-refractivity contribution is 7.92. The van der Waals surface area contributed by atoms with Crippen molar-refractivity contribution < 1.29 is 9.84 Å². The van der Waals surface area contributed by atoms with Gasteiger partial charge in [-0.25, -0.2) is 23.4 Å². The van der Waals surface area contributed by atoms with Crippen LogP contribution in [0.4, 0.5) is 17.3 Å². The first-order valence-corrected chi connectivity index (χ1v) is 10.2. The second-order valence-corrected chi connectivity index (χ2v) is 7.91. The topological polar surface area (TPSA) is 104 Å². The average Bonchev–Trinajstić information content (AvgIpc) is 2.75. The van der Waals surface area contributed by atoms with Crippen LogP contribution >= 0.6 is 0 Å². The molecule has 28 heavy (non-hydrogen) atoms. The molecule has 0 aliphatic carbocycles. The summed E-state index contributed by atoms with van der Waals surface area (Å²) >= 11 is 0. The van der Waals surface area contributed by atoms with Crippen LogP contribution in [0.3, 0.4) is 0 Å². The second-order valence-electron chi connectivity index (χ2n) is 6.23. The third-order valence-corrected chi connectivity index (χ3v) is 5.86. The van der Waals surface area contributed by atoms with Crippen molar-refractivity contribution in [2.45, 2.75) is 4.90 Å². The normalized spacial score (nSPS) is 14.7. The third-order valence-electron chi connectivity index (χ3n) is 4.49. The van der Waals surface area contributed by atoms with Crippen LogP contribution in [0.5, 0.6) is 0 Å². The first-order chi connectivity index (χ1) is 13.6. The SMILES string of the molecule is O=S(=O)(Nc1ccncn1)c1ccc(N2CCN(c3cnccn3)CC2)cc1.[HH]. The number of aromatic nitrogens is 4. The number of nitrogens with zero attached hydrogens (tertiary/aromatic N) is 6. The lowest BCUT2D eigenvalue weighted by atomic mass is 10.2. The minimum Gasteiger partial charge on any atom is -0.368 e. The summed E-state index contributed by atoms with van der Waals surface area (Å²) in [5.41, 5.74) is 0.986. The average molecular weight is 399 g/mol. The maximum Gasteiger partial charge on any atom is 0.263 e. The van der Waals surface area contributed by atoms with Crippen LogP contribution in [0.15, 0.2) is 66.3 Å². The smallest absolute Gasteiger partial charge is 0.263 e. The van der Waals surface area contributed by atoms with Gasteiger partial charge in [-0.15, -0.1) is 0 Å². The van der Waals surface area contributed by atoms with E-state index in [0.29, 0.717) is 0 Å². The Labute approximate surface area is 164 Å². The molecule has 0 radical (unpaired) electrons. The van der Waals surface area contributed by atoms with E-state index >= 15 is 0 Å². The number of sulfonamides is 1. The Bertz CT molecular complexity index is 1010. The zero-order valence-corrected chi connectivity index (χ0v) is 15.8. The highest BCUT2D eigenvalue weighted by Crippen LogP contribution is 2.22. The van der Waals surface area contributed by atoms with Gasteiger partial charge in [0.1, 0.15) is 18.0 Å². The maximum atomic E-state index is 12.5. The first kappa shape index (κ1) is 18.1. The molecule has 0 saturated carbocycles. The summed E-state index contributed by atoms with van der Waals surface area (Å²) in [5, 5.41) is 0. The lowest BCUT2D eigenvalue weighted by molar-refractivity contribution is 0.601. The van der Waals surface area contributed by atoms with E-state index < -0.39 is 10.0 Å². The lowest BCUT2D eigenvalue weighted by Crippen LogP contribution is -2.46. The number of piperazine rings is 1. The van der Waals surface area contributed by atoms with Gasteiger partial charge in [0.25, 0.3) is 10.0 Å². The summed E-state index contributed by atoms with van der Waals surface area (Å²) in [6, 6.07) is 8.36. The highest BCUT2D eigenvalue weighted by Gasteiger charge is 2.20. The van der Waals surface area contributed by atoms with Crippen molar-refractivity contribution in [1.29, 1.82) is 0 Å². The molecule has 1 N–H and O–H groups in total. The van der Waals surface area contributed by atoms with E-state index in [1.807, 2.05) is 12.1 Å². The number of rotatable bonds is 5. The first-order valence-electron chi connectivity index (χ1n) is 8.77. The van der Waals surface area contributed by atoms with Crippen LogP contribution < -0.4 is 14.5 Å². The second kappa shape index (κ2) is 7.77. The van der Waals surface area contributed by atoms with Crippen LogP contribution in [-0.2, 0) is 10.0 Å².